The van der Waals surface area contributed by atoms with E-state index in [0.717, 1.165) is 5.56 Å². The molecule has 2 aromatic rings. The number of hydroxylamine groups is 2. The van der Waals surface area contributed by atoms with E-state index < -0.39 is 11.8 Å². The van der Waals surface area contributed by atoms with Crippen molar-refractivity contribution in [1.29, 1.82) is 0 Å². The Kier molecular flexibility index (Phi) is 5.83. The van der Waals surface area contributed by atoms with Crippen LogP contribution in [0.1, 0.15) is 31.2 Å². The van der Waals surface area contributed by atoms with Gasteiger partial charge in [0.15, 0.2) is 0 Å². The normalized spacial score (nSPS) is 11.2. The number of terminal acetylenes is 1. The molecule has 2 rings (SSSR count). The van der Waals surface area contributed by atoms with Gasteiger partial charge in [0, 0.05) is 25.3 Å². The molecular weight excluding hydrogens is 332 g/mol. The van der Waals surface area contributed by atoms with Gasteiger partial charge in [0.2, 0.25) is 11.7 Å². The second-order valence-electron chi connectivity index (χ2n) is 5.33. The van der Waals surface area contributed by atoms with Gasteiger partial charge in [-0.15, -0.1) is 12.3 Å². The number of carbonyl (C=O) groups excluding carboxylic acids is 1. The lowest BCUT2D eigenvalue weighted by Crippen LogP contribution is -2.29. The topological polar surface area (TPSA) is 68.5 Å². The number of benzene rings is 1. The molecule has 0 radical (unpaired) electrons. The van der Waals surface area contributed by atoms with Gasteiger partial charge in [-0.1, -0.05) is 29.4 Å². The predicted molar refractivity (Wildman–Crippen MR) is 84.9 cm³/mol. The van der Waals surface area contributed by atoms with Crippen LogP contribution in [-0.2, 0) is 22.1 Å². The van der Waals surface area contributed by atoms with Crippen LogP contribution < -0.4 is 0 Å². The van der Waals surface area contributed by atoms with Gasteiger partial charge in [0.25, 0.3) is 5.89 Å². The Bertz CT molecular complexity index is 761. The monoisotopic (exact) mass is 349 g/mol. The molecule has 0 fully saturated rings. The van der Waals surface area contributed by atoms with Crippen molar-refractivity contribution in [2.45, 2.75) is 32.2 Å². The van der Waals surface area contributed by atoms with E-state index >= 15 is 0 Å². The quantitative estimate of drug-likeness (QED) is 0.567. The summed E-state index contributed by atoms with van der Waals surface area (Å²) in [5.41, 5.74) is 1.30. The molecule has 0 bridgehead atoms. The van der Waals surface area contributed by atoms with Crippen LogP contribution in [-0.4, -0.2) is 28.2 Å². The number of aromatic nitrogens is 2. The molecule has 0 atom stereocenters. The SMILES string of the molecule is C#CCCC(=O)N(Cc1ccc(-c2noc(C(C)(F)F)n2)cc1)OC. The minimum absolute atomic E-state index is 0.0665. The standard InChI is InChI=1S/C17H17F2N3O3/c1-4-5-6-14(23)22(24-3)11-12-7-9-13(10-8-12)15-20-16(25-21-15)17(2,18)19/h1,7-10H,5-6,11H2,2-3H3. The zero-order valence-electron chi connectivity index (χ0n) is 13.8. The Labute approximate surface area is 143 Å². The molecule has 1 amide bonds. The number of amides is 1. The zero-order chi connectivity index (χ0) is 18.4. The number of nitrogens with zero attached hydrogens (tertiary/aromatic N) is 3. The summed E-state index contributed by atoms with van der Waals surface area (Å²) in [6, 6.07) is 6.74. The molecule has 0 unspecified atom stereocenters. The van der Waals surface area contributed by atoms with Crippen LogP contribution in [0.15, 0.2) is 28.8 Å². The first-order valence-electron chi connectivity index (χ1n) is 7.44. The average molecular weight is 349 g/mol. The van der Waals surface area contributed by atoms with Gasteiger partial charge in [-0.05, 0) is 5.56 Å². The summed E-state index contributed by atoms with van der Waals surface area (Å²) in [6.07, 6.45) is 5.67. The largest absolute Gasteiger partial charge is 0.332 e. The highest BCUT2D eigenvalue weighted by Gasteiger charge is 2.32. The highest BCUT2D eigenvalue weighted by Crippen LogP contribution is 2.27. The molecule has 0 saturated carbocycles. The van der Waals surface area contributed by atoms with Crippen molar-refractivity contribution < 1.29 is 22.9 Å². The Hall–Kier alpha value is -2.79. The lowest BCUT2D eigenvalue weighted by atomic mass is 10.1. The van der Waals surface area contributed by atoms with Crippen molar-refractivity contribution in [1.82, 2.24) is 15.2 Å². The molecule has 1 aromatic heterocycles. The minimum Gasteiger partial charge on any atom is -0.332 e. The second kappa shape index (κ2) is 7.85. The third kappa shape index (κ3) is 4.84. The lowest BCUT2D eigenvalue weighted by Gasteiger charge is -2.19. The summed E-state index contributed by atoms with van der Waals surface area (Å²) in [6.45, 7) is 0.911. The molecular formula is C17H17F2N3O3. The number of halogens is 2. The van der Waals surface area contributed by atoms with Crippen LogP contribution in [0.3, 0.4) is 0 Å². The first-order chi connectivity index (χ1) is 11.8. The van der Waals surface area contributed by atoms with Gasteiger partial charge in [-0.2, -0.15) is 13.8 Å². The van der Waals surface area contributed by atoms with Crippen LogP contribution in [0.4, 0.5) is 8.78 Å². The summed E-state index contributed by atoms with van der Waals surface area (Å²) in [5, 5.41) is 4.75. The Morgan fingerprint density at radius 3 is 2.60 bits per heavy atom. The summed E-state index contributed by atoms with van der Waals surface area (Å²) in [7, 11) is 1.40. The molecule has 0 N–H and O–H groups in total. The maximum Gasteiger partial charge on any atom is 0.322 e. The van der Waals surface area contributed by atoms with Crippen molar-refractivity contribution in [2.75, 3.05) is 7.11 Å². The van der Waals surface area contributed by atoms with Crippen LogP contribution in [0.5, 0.6) is 0 Å². The van der Waals surface area contributed by atoms with Crippen molar-refractivity contribution in [2.24, 2.45) is 0 Å². The minimum atomic E-state index is -3.19. The molecule has 8 heteroatoms. The molecule has 0 spiro atoms. The molecule has 0 aliphatic carbocycles. The summed E-state index contributed by atoms with van der Waals surface area (Å²) in [4.78, 5) is 20.7. The van der Waals surface area contributed by atoms with Gasteiger partial charge >= 0.3 is 5.92 Å². The van der Waals surface area contributed by atoms with E-state index in [4.69, 9.17) is 11.3 Å². The summed E-state index contributed by atoms with van der Waals surface area (Å²) in [5.74, 6) is -1.69. The fourth-order valence-corrected chi connectivity index (χ4v) is 2.00. The molecule has 6 nitrogen and oxygen atoms in total. The van der Waals surface area contributed by atoms with Crippen LogP contribution in [0, 0.1) is 12.3 Å². The van der Waals surface area contributed by atoms with E-state index in [1.165, 1.54) is 12.2 Å². The van der Waals surface area contributed by atoms with E-state index in [9.17, 15) is 13.6 Å². The summed E-state index contributed by atoms with van der Waals surface area (Å²) >= 11 is 0. The van der Waals surface area contributed by atoms with E-state index in [1.807, 2.05) is 0 Å². The molecule has 0 aliphatic rings. The maximum atomic E-state index is 13.1. The van der Waals surface area contributed by atoms with Gasteiger partial charge in [-0.3, -0.25) is 9.63 Å². The van der Waals surface area contributed by atoms with Crippen molar-refractivity contribution >= 4 is 5.91 Å². The number of rotatable bonds is 7. The number of carbonyl (C=O) groups is 1. The molecule has 0 aliphatic heterocycles. The van der Waals surface area contributed by atoms with E-state index in [2.05, 4.69) is 20.6 Å². The number of alkyl halides is 2. The van der Waals surface area contributed by atoms with Crippen LogP contribution >= 0.6 is 0 Å². The first kappa shape index (κ1) is 18.5. The fourth-order valence-electron chi connectivity index (χ4n) is 2.00. The van der Waals surface area contributed by atoms with Gasteiger partial charge < -0.3 is 4.52 Å². The molecule has 1 heterocycles. The Morgan fingerprint density at radius 1 is 1.40 bits per heavy atom. The van der Waals surface area contributed by atoms with Gasteiger partial charge in [-0.25, -0.2) is 5.06 Å². The number of hydrogen-bond donors (Lipinski definition) is 0. The van der Waals surface area contributed by atoms with E-state index in [-0.39, 0.29) is 24.7 Å². The van der Waals surface area contributed by atoms with Crippen molar-refractivity contribution in [3.8, 4) is 23.7 Å². The van der Waals surface area contributed by atoms with Crippen LogP contribution in [0.2, 0.25) is 0 Å². The third-order valence-electron chi connectivity index (χ3n) is 3.32. The Morgan fingerprint density at radius 2 is 2.08 bits per heavy atom. The molecule has 25 heavy (non-hydrogen) atoms. The highest BCUT2D eigenvalue weighted by atomic mass is 19.3. The fraction of sp³-hybridized carbons (Fsp3) is 0.353. The lowest BCUT2D eigenvalue weighted by molar-refractivity contribution is -0.179. The predicted octanol–water partition coefficient (Wildman–Crippen LogP) is 3.15. The van der Waals surface area contributed by atoms with Crippen molar-refractivity contribution in [3.05, 3.63) is 35.7 Å². The Balaban J connectivity index is 2.08. The van der Waals surface area contributed by atoms with Gasteiger partial charge in [0.05, 0.1) is 13.7 Å². The number of hydrogen-bond acceptors (Lipinski definition) is 5. The van der Waals surface area contributed by atoms with Gasteiger partial charge in [0.1, 0.15) is 0 Å². The smallest absolute Gasteiger partial charge is 0.322 e. The molecule has 1 aromatic carbocycles. The second-order valence-corrected chi connectivity index (χ2v) is 5.33. The highest BCUT2D eigenvalue weighted by molar-refractivity contribution is 5.75. The van der Waals surface area contributed by atoms with E-state index in [1.54, 1.807) is 24.3 Å². The molecule has 0 saturated heterocycles. The summed E-state index contributed by atoms with van der Waals surface area (Å²) < 4.78 is 30.8. The third-order valence-corrected chi connectivity index (χ3v) is 3.32. The average Bonchev–Trinajstić information content (AvgIpc) is 3.08. The van der Waals surface area contributed by atoms with Crippen LogP contribution in [0.25, 0.3) is 11.4 Å². The molecule has 132 valence electrons. The zero-order valence-corrected chi connectivity index (χ0v) is 13.8. The maximum absolute atomic E-state index is 13.1. The van der Waals surface area contributed by atoms with E-state index in [0.29, 0.717) is 18.9 Å². The van der Waals surface area contributed by atoms with Crippen molar-refractivity contribution in [3.63, 3.8) is 0 Å². The first-order valence-corrected chi connectivity index (χ1v) is 7.44.